The van der Waals surface area contributed by atoms with Gasteiger partial charge in [0.1, 0.15) is 22.3 Å². The molecule has 3 aliphatic rings. The van der Waals surface area contributed by atoms with Crippen molar-refractivity contribution < 1.29 is 4.42 Å². The lowest BCUT2D eigenvalue weighted by atomic mass is 9.80. The summed E-state index contributed by atoms with van der Waals surface area (Å²) in [5.41, 5.74) is 16.6. The van der Waals surface area contributed by atoms with Crippen LogP contribution >= 0.6 is 11.3 Å². The summed E-state index contributed by atoms with van der Waals surface area (Å²) >= 11 is 1.68. The van der Waals surface area contributed by atoms with Crippen LogP contribution in [0.1, 0.15) is 70.3 Å². The number of H-pyrrole nitrogens is 3. The number of hydrogen-bond acceptors (Lipinski definition) is 12. The Hall–Kier alpha value is -14.7. The molecule has 15 nitrogen and oxygen atoms in total. The van der Waals surface area contributed by atoms with E-state index in [-0.39, 0.29) is 0 Å². The highest BCUT2D eigenvalue weighted by atomic mass is 32.1. The average molecular weight is 1690 g/mol. The number of aromatic nitrogens is 12. The Kier molecular flexibility index (Phi) is 41.7. The van der Waals surface area contributed by atoms with Crippen LogP contribution in [0.2, 0.25) is 0 Å². The van der Waals surface area contributed by atoms with Gasteiger partial charge in [0, 0.05) is 72.1 Å². The molecule has 0 spiro atoms. The molecular formula is C111H114N14OS. The molecule has 2 saturated heterocycles. The number of piperidine rings is 2. The summed E-state index contributed by atoms with van der Waals surface area (Å²) in [4.78, 5) is 21.6. The van der Waals surface area contributed by atoms with E-state index in [1.54, 1.807) is 53.4 Å². The monoisotopic (exact) mass is 1690 g/mol. The van der Waals surface area contributed by atoms with Crippen molar-refractivity contribution in [1.29, 1.82) is 0 Å². The van der Waals surface area contributed by atoms with E-state index in [9.17, 15) is 0 Å². The van der Waals surface area contributed by atoms with Gasteiger partial charge in [-0.25, -0.2) is 9.97 Å². The Labute approximate surface area is 751 Å². The molecular weight excluding hydrogens is 1580 g/mol. The van der Waals surface area contributed by atoms with Gasteiger partial charge in [0.05, 0.1) is 40.0 Å². The molecule has 0 amide bonds. The largest absolute Gasteiger partial charge is 0.464 e. The number of hydrogen-bond donors (Lipinski definition) is 5. The smallest absolute Gasteiger partial charge is 0.133 e. The second-order valence-corrected chi connectivity index (χ2v) is 30.4. The van der Waals surface area contributed by atoms with Gasteiger partial charge < -0.3 is 25.0 Å². The summed E-state index contributed by atoms with van der Waals surface area (Å²) in [6.07, 6.45) is 30.1. The van der Waals surface area contributed by atoms with E-state index >= 15 is 0 Å². The van der Waals surface area contributed by atoms with Crippen LogP contribution in [-0.4, -0.2) is 86.0 Å². The van der Waals surface area contributed by atoms with Crippen LogP contribution in [0.25, 0.3) is 98.3 Å². The van der Waals surface area contributed by atoms with E-state index in [0.717, 1.165) is 62.7 Å². The molecule has 127 heavy (non-hydrogen) atoms. The highest BCUT2D eigenvalue weighted by Crippen LogP contribution is 2.30. The number of nitrogens with one attached hydrogen (secondary N) is 5. The summed E-state index contributed by atoms with van der Waals surface area (Å²) in [5.74, 6) is 1.04. The normalized spacial score (nSPS) is 12.9. The van der Waals surface area contributed by atoms with Crippen molar-refractivity contribution in [2.75, 3.05) is 19.6 Å². The number of rotatable bonds is 4. The van der Waals surface area contributed by atoms with Crippen LogP contribution < -0.4 is 10.6 Å². The molecule has 640 valence electrons. The standard InChI is InChI=1S/C14H14.C12H10.C10H8.C9H9N3.C9H17N.C9H7N.C8H7N.C8H6O.C7H5NS.C6H5N3.C6H6.C5H11N.C5H5N.C3H4N2/c1-2-12-8-10-14(11-9-12)13-6-4-3-5-7-13;1-3-7-11(8-4-1)12-9-5-2-6-10-12;1-2-6-10-8-4-3-7-9(10)5-1;1-12-7-9(10-11-12)8-5-3-2-4-6-8;2*1-2-6-9-8(4-1)5-3-7-10-9;2*1-2-4-8-7(3-1)5-6-9-8;1-2-4-7-6(3-1)8-5-9-7;1-2-4-6-5(3-1)7-9-8-6;3*1-2-4-6-5-3-1;1-2-5-3-4-1/h3-11H,2H2,1H3;1-10H;1-8H;2-7H,1H3;8-10H,1-7H2;1-7H;1-6,9H;1-6H;1-5H;1-4H,(H,7,8,9);1-6H;6H,1-5H2;1-5H;1-3H,(H,4,5). The van der Waals surface area contributed by atoms with Crippen molar-refractivity contribution in [3.63, 3.8) is 0 Å². The topological polar surface area (TPSA) is 193 Å². The Balaban J connectivity index is 0.000000134. The third-order valence-electron chi connectivity index (χ3n) is 20.4. The molecule has 24 rings (SSSR count). The first-order valence-corrected chi connectivity index (χ1v) is 44.5. The van der Waals surface area contributed by atoms with Crippen molar-refractivity contribution in [3.8, 4) is 33.5 Å². The molecule has 21 aromatic rings. The molecule has 10 heterocycles. The first-order chi connectivity index (χ1) is 63.0. The summed E-state index contributed by atoms with van der Waals surface area (Å²) in [6, 6.07) is 133. The fourth-order valence-corrected chi connectivity index (χ4v) is 14.4. The number of nitrogens with zero attached hydrogens (tertiary/aromatic N) is 9. The average Bonchev–Trinajstić information content (AvgIpc) is 1.78. The Morgan fingerprint density at radius 3 is 1.36 bits per heavy atom. The quantitative estimate of drug-likeness (QED) is 0.113. The van der Waals surface area contributed by atoms with Crippen molar-refractivity contribution >= 4 is 76.1 Å². The van der Waals surface area contributed by atoms with Crippen LogP contribution in [-0.2, 0) is 13.5 Å². The number of thiazole rings is 1. The van der Waals surface area contributed by atoms with Crippen molar-refractivity contribution in [2.45, 2.75) is 77.2 Å². The molecule has 0 bridgehead atoms. The zero-order valence-corrected chi connectivity index (χ0v) is 73.3. The second kappa shape index (κ2) is 56.9. The number of aryl methyl sites for hydroxylation is 2. The number of imidazole rings is 1. The number of benzene rings is 13. The zero-order chi connectivity index (χ0) is 87.5. The van der Waals surface area contributed by atoms with Crippen LogP contribution in [0, 0.1) is 5.92 Å². The van der Waals surface area contributed by atoms with E-state index < -0.39 is 0 Å². The lowest BCUT2D eigenvalue weighted by Gasteiger charge is -2.36. The molecule has 2 unspecified atom stereocenters. The molecule has 13 aromatic carbocycles. The maximum atomic E-state index is 5.12. The molecule has 0 radical (unpaired) electrons. The molecule has 2 aliphatic heterocycles. The predicted molar refractivity (Wildman–Crippen MR) is 532 cm³/mol. The Bertz CT molecular complexity index is 5500. The van der Waals surface area contributed by atoms with Gasteiger partial charge in [-0.2, -0.15) is 15.4 Å². The highest BCUT2D eigenvalue weighted by molar-refractivity contribution is 7.16. The lowest BCUT2D eigenvalue weighted by molar-refractivity contribution is 0.212. The molecule has 5 N–H and O–H groups in total. The van der Waals surface area contributed by atoms with E-state index in [1.165, 1.54) is 137 Å². The summed E-state index contributed by atoms with van der Waals surface area (Å²) in [5, 5.41) is 31.3. The molecule has 8 aromatic heterocycles. The predicted octanol–water partition coefficient (Wildman–Crippen LogP) is 27.5. The lowest BCUT2D eigenvalue weighted by Crippen LogP contribution is -2.42. The van der Waals surface area contributed by atoms with Gasteiger partial charge in [-0.15, -0.1) is 16.4 Å². The minimum Gasteiger partial charge on any atom is -0.464 e. The summed E-state index contributed by atoms with van der Waals surface area (Å²) < 4.78 is 8.08. The molecule has 1 saturated carbocycles. The third kappa shape index (κ3) is 34.9. The van der Waals surface area contributed by atoms with Gasteiger partial charge in [-0.3, -0.25) is 14.6 Å². The first kappa shape index (κ1) is 93.0. The number of para-hydroxylation sites is 6. The summed E-state index contributed by atoms with van der Waals surface area (Å²) in [6.45, 7) is 5.96. The van der Waals surface area contributed by atoms with Crippen LogP contribution in [0.5, 0.6) is 0 Å². The van der Waals surface area contributed by atoms with Crippen molar-refractivity contribution in [3.05, 3.63) is 461 Å². The second-order valence-electron chi connectivity index (χ2n) is 29.5. The van der Waals surface area contributed by atoms with Crippen LogP contribution in [0.3, 0.4) is 0 Å². The van der Waals surface area contributed by atoms with E-state index in [0.29, 0.717) is 0 Å². The zero-order valence-electron chi connectivity index (χ0n) is 72.5. The number of pyridine rings is 2. The SMILES string of the molecule is C1CCC2NCCCC2C1.C1CCNCC1.CCc1ccc(-c2ccccc2)cc1.Cn1cc(-c2ccccc2)nn1.c1c[nH]cn1.c1ccc(-c2ccccc2)cc1.c1ccc2[nH]ccc2c1.c1ccc2ccccc2c1.c1ccc2n[nH]nc2c1.c1ccc2ncccc2c1.c1ccc2occc2c1.c1ccc2scnc2c1.c1ccccc1.c1ccncc1. The van der Waals surface area contributed by atoms with Crippen molar-refractivity contribution in [1.82, 2.24) is 70.9 Å². The van der Waals surface area contributed by atoms with E-state index in [4.69, 9.17) is 4.42 Å². The van der Waals surface area contributed by atoms with Gasteiger partial charge in [-0.05, 0) is 187 Å². The summed E-state index contributed by atoms with van der Waals surface area (Å²) in [7, 11) is 1.86. The van der Waals surface area contributed by atoms with Gasteiger partial charge in [0.15, 0.2) is 0 Å². The fraction of sp³-hybridized carbons (Fsp3) is 0.153. The fourth-order valence-electron chi connectivity index (χ4n) is 13.7. The van der Waals surface area contributed by atoms with E-state index in [2.05, 4.69) is 255 Å². The molecule has 1 aliphatic carbocycles. The van der Waals surface area contributed by atoms with Gasteiger partial charge in [-0.1, -0.05) is 353 Å². The molecule has 16 heteroatoms. The Morgan fingerprint density at radius 1 is 0.378 bits per heavy atom. The van der Waals surface area contributed by atoms with Gasteiger partial charge >= 0.3 is 0 Å². The number of fused-ring (bicyclic) bond motifs is 7. The highest BCUT2D eigenvalue weighted by Gasteiger charge is 2.26. The minimum absolute atomic E-state index is 0.905. The maximum Gasteiger partial charge on any atom is 0.133 e. The third-order valence-corrected chi connectivity index (χ3v) is 21.2. The van der Waals surface area contributed by atoms with Crippen LogP contribution in [0.15, 0.2) is 460 Å². The van der Waals surface area contributed by atoms with Crippen molar-refractivity contribution in [2.24, 2.45) is 13.0 Å². The van der Waals surface area contributed by atoms with E-state index in [1.807, 2.05) is 243 Å². The Morgan fingerprint density at radius 2 is 0.874 bits per heavy atom. The van der Waals surface area contributed by atoms with Crippen LogP contribution in [0.4, 0.5) is 0 Å². The minimum atomic E-state index is 0.905. The first-order valence-electron chi connectivity index (χ1n) is 43.6. The number of aromatic amines is 3. The van der Waals surface area contributed by atoms with Gasteiger partial charge in [0.2, 0.25) is 0 Å². The number of furan rings is 1. The maximum absolute atomic E-state index is 5.12. The van der Waals surface area contributed by atoms with Gasteiger partial charge in [0.25, 0.3) is 0 Å². The molecule has 2 atom stereocenters. The molecule has 3 fully saturated rings.